The van der Waals surface area contributed by atoms with Crippen molar-refractivity contribution in [3.8, 4) is 0 Å². The number of rotatable bonds is 6. The van der Waals surface area contributed by atoms with Gasteiger partial charge in [0.15, 0.2) is 0 Å². The molecule has 1 N–H and O–H groups in total. The van der Waals surface area contributed by atoms with Gasteiger partial charge in [0.05, 0.1) is 13.2 Å². The SMILES string of the molecule is CCCc1cc(CO)cc(N(C)Cc2nccn2C)n1. The van der Waals surface area contributed by atoms with Gasteiger partial charge in [0.2, 0.25) is 0 Å². The Balaban J connectivity index is 2.22. The molecule has 0 aliphatic carbocycles. The van der Waals surface area contributed by atoms with Crippen molar-refractivity contribution >= 4 is 5.82 Å². The molecule has 0 bridgehead atoms. The number of nitrogens with zero attached hydrogens (tertiary/aromatic N) is 4. The van der Waals surface area contributed by atoms with Crippen LogP contribution >= 0.6 is 0 Å². The molecular formula is C15H22N4O. The van der Waals surface area contributed by atoms with Crippen LogP contribution in [0.1, 0.15) is 30.4 Å². The molecule has 0 spiro atoms. The minimum Gasteiger partial charge on any atom is -0.392 e. The Morgan fingerprint density at radius 3 is 2.75 bits per heavy atom. The molecule has 5 nitrogen and oxygen atoms in total. The summed E-state index contributed by atoms with van der Waals surface area (Å²) in [4.78, 5) is 11.0. The quantitative estimate of drug-likeness (QED) is 0.874. The molecule has 2 rings (SSSR count). The molecule has 2 aromatic rings. The van der Waals surface area contributed by atoms with Gasteiger partial charge >= 0.3 is 0 Å². The maximum Gasteiger partial charge on any atom is 0.129 e. The average Bonchev–Trinajstić information content (AvgIpc) is 2.84. The van der Waals surface area contributed by atoms with E-state index in [0.29, 0.717) is 6.54 Å². The van der Waals surface area contributed by atoms with Crippen LogP contribution in [0.3, 0.4) is 0 Å². The van der Waals surface area contributed by atoms with Crippen LogP contribution in [0.25, 0.3) is 0 Å². The lowest BCUT2D eigenvalue weighted by atomic mass is 10.1. The fourth-order valence-electron chi connectivity index (χ4n) is 2.15. The maximum absolute atomic E-state index is 9.37. The summed E-state index contributed by atoms with van der Waals surface area (Å²) in [5.74, 6) is 1.86. The van der Waals surface area contributed by atoms with Gasteiger partial charge in [-0.3, -0.25) is 0 Å². The predicted octanol–water partition coefficient (Wildman–Crippen LogP) is 1.90. The van der Waals surface area contributed by atoms with E-state index in [-0.39, 0.29) is 6.61 Å². The van der Waals surface area contributed by atoms with Crippen molar-refractivity contribution in [1.29, 1.82) is 0 Å². The zero-order valence-electron chi connectivity index (χ0n) is 12.4. The van der Waals surface area contributed by atoms with E-state index in [1.807, 2.05) is 37.0 Å². The fraction of sp³-hybridized carbons (Fsp3) is 0.467. The normalized spacial score (nSPS) is 10.8. The Bertz CT molecular complexity index is 565. The van der Waals surface area contributed by atoms with Gasteiger partial charge in [-0.2, -0.15) is 0 Å². The smallest absolute Gasteiger partial charge is 0.129 e. The minimum absolute atomic E-state index is 0.0441. The Kier molecular flexibility index (Phi) is 4.74. The van der Waals surface area contributed by atoms with Gasteiger partial charge in [-0.25, -0.2) is 9.97 Å². The monoisotopic (exact) mass is 274 g/mol. The number of aromatic nitrogens is 3. The number of anilines is 1. The van der Waals surface area contributed by atoms with Crippen molar-refractivity contribution in [2.45, 2.75) is 32.9 Å². The Morgan fingerprint density at radius 2 is 2.15 bits per heavy atom. The van der Waals surface area contributed by atoms with Gasteiger partial charge in [0.1, 0.15) is 11.6 Å². The molecule has 0 radical (unpaired) electrons. The van der Waals surface area contributed by atoms with Gasteiger partial charge in [-0.15, -0.1) is 0 Å². The summed E-state index contributed by atoms with van der Waals surface area (Å²) in [7, 11) is 3.98. The summed E-state index contributed by atoms with van der Waals surface area (Å²) in [5.41, 5.74) is 1.94. The van der Waals surface area contributed by atoms with Crippen molar-refractivity contribution < 1.29 is 5.11 Å². The highest BCUT2D eigenvalue weighted by Gasteiger charge is 2.09. The number of aliphatic hydroxyl groups excluding tert-OH is 1. The molecule has 0 aliphatic heterocycles. The van der Waals surface area contributed by atoms with Gasteiger partial charge in [-0.05, 0) is 24.1 Å². The van der Waals surface area contributed by atoms with Crippen molar-refractivity contribution in [3.63, 3.8) is 0 Å². The molecule has 0 atom stereocenters. The van der Waals surface area contributed by atoms with E-state index >= 15 is 0 Å². The van der Waals surface area contributed by atoms with E-state index in [9.17, 15) is 5.11 Å². The van der Waals surface area contributed by atoms with E-state index in [4.69, 9.17) is 0 Å². The Hall–Kier alpha value is -1.88. The highest BCUT2D eigenvalue weighted by Crippen LogP contribution is 2.17. The largest absolute Gasteiger partial charge is 0.392 e. The predicted molar refractivity (Wildman–Crippen MR) is 79.5 cm³/mol. The summed E-state index contributed by atoms with van der Waals surface area (Å²) in [6, 6.07) is 3.91. The molecule has 0 amide bonds. The summed E-state index contributed by atoms with van der Waals surface area (Å²) >= 11 is 0. The van der Waals surface area contributed by atoms with Crippen LogP contribution in [0, 0.1) is 0 Å². The lowest BCUT2D eigenvalue weighted by Crippen LogP contribution is -2.20. The molecular weight excluding hydrogens is 252 g/mol. The van der Waals surface area contributed by atoms with Crippen molar-refractivity contribution in [1.82, 2.24) is 14.5 Å². The highest BCUT2D eigenvalue weighted by atomic mass is 16.3. The molecule has 5 heteroatoms. The molecule has 0 aliphatic rings. The highest BCUT2D eigenvalue weighted by molar-refractivity contribution is 5.42. The summed E-state index contributed by atoms with van der Waals surface area (Å²) in [5, 5.41) is 9.37. The molecule has 0 aromatic carbocycles. The van der Waals surface area contributed by atoms with Crippen molar-refractivity contribution in [3.05, 3.63) is 41.6 Å². The number of aryl methyl sites for hydroxylation is 2. The third-order valence-corrected chi connectivity index (χ3v) is 3.30. The van der Waals surface area contributed by atoms with E-state index in [1.54, 1.807) is 6.20 Å². The molecule has 20 heavy (non-hydrogen) atoms. The molecule has 0 fully saturated rings. The molecule has 2 aromatic heterocycles. The number of aliphatic hydroxyl groups is 1. The minimum atomic E-state index is 0.0441. The van der Waals surface area contributed by atoms with E-state index in [0.717, 1.165) is 35.7 Å². The van der Waals surface area contributed by atoms with Crippen LogP contribution < -0.4 is 4.90 Å². The second kappa shape index (κ2) is 6.52. The third-order valence-electron chi connectivity index (χ3n) is 3.30. The van der Waals surface area contributed by atoms with Gasteiger partial charge in [-0.1, -0.05) is 13.3 Å². The summed E-state index contributed by atoms with van der Waals surface area (Å²) in [6.45, 7) is 2.87. The third kappa shape index (κ3) is 3.36. The Morgan fingerprint density at radius 1 is 1.35 bits per heavy atom. The summed E-state index contributed by atoms with van der Waals surface area (Å²) in [6.07, 6.45) is 5.70. The average molecular weight is 274 g/mol. The molecule has 2 heterocycles. The second-order valence-corrected chi connectivity index (χ2v) is 5.04. The fourth-order valence-corrected chi connectivity index (χ4v) is 2.15. The lowest BCUT2D eigenvalue weighted by molar-refractivity contribution is 0.281. The van der Waals surface area contributed by atoms with E-state index in [2.05, 4.69) is 21.8 Å². The number of hydrogen-bond acceptors (Lipinski definition) is 4. The first-order valence-corrected chi connectivity index (χ1v) is 6.92. The maximum atomic E-state index is 9.37. The van der Waals surface area contributed by atoms with Gasteiger partial charge in [0.25, 0.3) is 0 Å². The zero-order valence-corrected chi connectivity index (χ0v) is 12.4. The Labute approximate surface area is 119 Å². The summed E-state index contributed by atoms with van der Waals surface area (Å²) < 4.78 is 2.00. The molecule has 0 saturated heterocycles. The molecule has 0 unspecified atom stereocenters. The zero-order chi connectivity index (χ0) is 14.5. The van der Waals surface area contributed by atoms with E-state index in [1.165, 1.54) is 0 Å². The number of pyridine rings is 1. The van der Waals surface area contributed by atoms with Crippen LogP contribution in [0.5, 0.6) is 0 Å². The molecule has 108 valence electrons. The van der Waals surface area contributed by atoms with Crippen molar-refractivity contribution in [2.75, 3.05) is 11.9 Å². The second-order valence-electron chi connectivity index (χ2n) is 5.04. The van der Waals surface area contributed by atoms with E-state index < -0.39 is 0 Å². The topological polar surface area (TPSA) is 54.2 Å². The first kappa shape index (κ1) is 14.5. The standard InChI is InChI=1S/C15H22N4O/c1-4-5-13-8-12(11-20)9-14(17-13)19(3)10-15-16-6-7-18(15)2/h6-9,20H,4-5,10-11H2,1-3H3. The lowest BCUT2D eigenvalue weighted by Gasteiger charge is -2.19. The first-order chi connectivity index (χ1) is 9.63. The van der Waals surface area contributed by atoms with Crippen LogP contribution in [0.4, 0.5) is 5.82 Å². The van der Waals surface area contributed by atoms with Crippen LogP contribution in [0.2, 0.25) is 0 Å². The van der Waals surface area contributed by atoms with Gasteiger partial charge in [0, 0.05) is 32.2 Å². The van der Waals surface area contributed by atoms with Crippen LogP contribution in [0.15, 0.2) is 24.5 Å². The van der Waals surface area contributed by atoms with Gasteiger partial charge < -0.3 is 14.6 Å². The van der Waals surface area contributed by atoms with Crippen LogP contribution in [-0.2, 0) is 26.6 Å². The first-order valence-electron chi connectivity index (χ1n) is 6.92. The number of imidazole rings is 1. The number of hydrogen-bond donors (Lipinski definition) is 1. The van der Waals surface area contributed by atoms with Crippen LogP contribution in [-0.4, -0.2) is 26.7 Å². The van der Waals surface area contributed by atoms with Crippen molar-refractivity contribution in [2.24, 2.45) is 7.05 Å². The molecule has 0 saturated carbocycles.